The summed E-state index contributed by atoms with van der Waals surface area (Å²) < 4.78 is 6.01. The van der Waals surface area contributed by atoms with E-state index in [2.05, 4.69) is 49.4 Å². The molecule has 112 valence electrons. The van der Waals surface area contributed by atoms with Crippen molar-refractivity contribution in [3.63, 3.8) is 0 Å². The number of nitrogens with two attached hydrogens (primary N) is 1. The molecular weight excluding hydrogens is 290 g/mol. The molecule has 0 amide bonds. The van der Waals surface area contributed by atoms with Crippen molar-refractivity contribution >= 4 is 11.3 Å². The highest BCUT2D eigenvalue weighted by molar-refractivity contribution is 7.15. The molecular formula is C19H19NOS. The van der Waals surface area contributed by atoms with Gasteiger partial charge in [0.1, 0.15) is 12.4 Å². The third-order valence-corrected chi connectivity index (χ3v) is 4.60. The Morgan fingerprint density at radius 2 is 1.82 bits per heavy atom. The molecule has 0 aliphatic heterocycles. The van der Waals surface area contributed by atoms with Gasteiger partial charge in [-0.1, -0.05) is 42.5 Å². The zero-order valence-electron chi connectivity index (χ0n) is 12.6. The minimum atomic E-state index is 0.480. The smallest absolute Gasteiger partial charge is 0.124 e. The molecule has 2 nitrogen and oxygen atoms in total. The van der Waals surface area contributed by atoms with Crippen LogP contribution in [-0.4, -0.2) is 0 Å². The molecule has 0 spiro atoms. The lowest BCUT2D eigenvalue weighted by molar-refractivity contribution is 0.303. The van der Waals surface area contributed by atoms with E-state index in [1.807, 2.05) is 18.2 Å². The number of thiophene rings is 1. The Labute approximate surface area is 135 Å². The van der Waals surface area contributed by atoms with Crippen molar-refractivity contribution in [1.82, 2.24) is 0 Å². The van der Waals surface area contributed by atoms with Crippen molar-refractivity contribution in [2.45, 2.75) is 20.1 Å². The van der Waals surface area contributed by atoms with Crippen LogP contribution in [0.2, 0.25) is 0 Å². The van der Waals surface area contributed by atoms with E-state index < -0.39 is 0 Å². The highest BCUT2D eigenvalue weighted by Crippen LogP contribution is 2.32. The van der Waals surface area contributed by atoms with Crippen LogP contribution in [0.3, 0.4) is 0 Å². The summed E-state index contributed by atoms with van der Waals surface area (Å²) in [6, 6.07) is 20.7. The summed E-state index contributed by atoms with van der Waals surface area (Å²) in [4.78, 5) is 2.57. The first kappa shape index (κ1) is 14.8. The Morgan fingerprint density at radius 3 is 2.50 bits per heavy atom. The van der Waals surface area contributed by atoms with Crippen molar-refractivity contribution in [2.75, 3.05) is 0 Å². The molecule has 3 aromatic rings. The van der Waals surface area contributed by atoms with Gasteiger partial charge in [-0.2, -0.15) is 0 Å². The predicted octanol–water partition coefficient (Wildman–Crippen LogP) is 4.76. The van der Waals surface area contributed by atoms with Crippen molar-refractivity contribution in [3.05, 3.63) is 76.7 Å². The molecule has 22 heavy (non-hydrogen) atoms. The van der Waals surface area contributed by atoms with Gasteiger partial charge in [0.25, 0.3) is 0 Å². The average Bonchev–Trinajstić information content (AvgIpc) is 3.00. The second-order valence-electron chi connectivity index (χ2n) is 5.21. The van der Waals surface area contributed by atoms with E-state index in [9.17, 15) is 0 Å². The molecule has 0 aliphatic carbocycles. The Bertz CT molecular complexity index is 749. The van der Waals surface area contributed by atoms with E-state index in [-0.39, 0.29) is 0 Å². The molecule has 0 saturated carbocycles. The van der Waals surface area contributed by atoms with Crippen LogP contribution in [0.15, 0.2) is 60.7 Å². The zero-order valence-corrected chi connectivity index (χ0v) is 13.4. The minimum absolute atomic E-state index is 0.480. The molecule has 0 unspecified atom stereocenters. The van der Waals surface area contributed by atoms with Crippen molar-refractivity contribution in [3.8, 4) is 16.2 Å². The number of hydrogen-bond acceptors (Lipinski definition) is 3. The summed E-state index contributed by atoms with van der Waals surface area (Å²) in [6.45, 7) is 3.16. The van der Waals surface area contributed by atoms with Crippen LogP contribution < -0.4 is 10.5 Å². The normalized spacial score (nSPS) is 10.6. The first-order valence-corrected chi connectivity index (χ1v) is 8.14. The number of hydrogen-bond donors (Lipinski definition) is 1. The summed E-state index contributed by atoms with van der Waals surface area (Å²) in [6.07, 6.45) is 0. The number of ether oxygens (including phenoxy) is 1. The molecule has 0 fully saturated rings. The highest BCUT2D eigenvalue weighted by atomic mass is 32.1. The molecule has 0 aliphatic rings. The third kappa shape index (κ3) is 3.38. The third-order valence-electron chi connectivity index (χ3n) is 3.55. The standard InChI is InChI=1S/C19H19NOS/c1-14-7-10-19(22-14)16-8-9-17(12-20)18(11-16)21-13-15-5-3-2-4-6-15/h2-11H,12-13,20H2,1H3. The second kappa shape index (κ2) is 6.77. The first-order chi connectivity index (χ1) is 10.8. The monoisotopic (exact) mass is 309 g/mol. The molecule has 0 bridgehead atoms. The Hall–Kier alpha value is -2.10. The Kier molecular flexibility index (Phi) is 4.56. The van der Waals surface area contributed by atoms with Crippen molar-refractivity contribution in [2.24, 2.45) is 5.73 Å². The summed E-state index contributed by atoms with van der Waals surface area (Å²) in [7, 11) is 0. The van der Waals surface area contributed by atoms with E-state index in [1.165, 1.54) is 15.3 Å². The topological polar surface area (TPSA) is 35.2 Å². The molecule has 3 rings (SSSR count). The lowest BCUT2D eigenvalue weighted by atomic mass is 10.1. The van der Waals surface area contributed by atoms with Gasteiger partial charge in [0, 0.05) is 21.9 Å². The molecule has 2 N–H and O–H groups in total. The molecule has 0 saturated heterocycles. The fourth-order valence-corrected chi connectivity index (χ4v) is 3.20. The van der Waals surface area contributed by atoms with Gasteiger partial charge in [-0.05, 0) is 36.2 Å². The minimum Gasteiger partial charge on any atom is -0.489 e. The second-order valence-corrected chi connectivity index (χ2v) is 6.50. The number of rotatable bonds is 5. The SMILES string of the molecule is Cc1ccc(-c2ccc(CN)c(OCc3ccccc3)c2)s1. The lowest BCUT2D eigenvalue weighted by Crippen LogP contribution is -2.03. The summed E-state index contributed by atoms with van der Waals surface area (Å²) in [5, 5.41) is 0. The molecule has 1 heterocycles. The Balaban J connectivity index is 1.85. The fourth-order valence-electron chi connectivity index (χ4n) is 2.34. The van der Waals surface area contributed by atoms with Crippen LogP contribution in [0.4, 0.5) is 0 Å². The van der Waals surface area contributed by atoms with Gasteiger partial charge in [0.2, 0.25) is 0 Å². The van der Waals surface area contributed by atoms with Gasteiger partial charge in [-0.3, -0.25) is 0 Å². The van der Waals surface area contributed by atoms with Gasteiger partial charge >= 0.3 is 0 Å². The van der Waals surface area contributed by atoms with Crippen LogP contribution in [0.5, 0.6) is 5.75 Å². The first-order valence-electron chi connectivity index (χ1n) is 7.33. The van der Waals surface area contributed by atoms with Crippen LogP contribution >= 0.6 is 11.3 Å². The van der Waals surface area contributed by atoms with E-state index in [0.717, 1.165) is 16.9 Å². The summed E-state index contributed by atoms with van der Waals surface area (Å²) in [5.41, 5.74) is 9.20. The maximum atomic E-state index is 6.01. The van der Waals surface area contributed by atoms with Gasteiger partial charge in [-0.25, -0.2) is 0 Å². The highest BCUT2D eigenvalue weighted by Gasteiger charge is 2.07. The largest absolute Gasteiger partial charge is 0.489 e. The molecule has 0 radical (unpaired) electrons. The molecule has 2 aromatic carbocycles. The van der Waals surface area contributed by atoms with Gasteiger partial charge in [-0.15, -0.1) is 11.3 Å². The van der Waals surface area contributed by atoms with E-state index in [0.29, 0.717) is 13.2 Å². The van der Waals surface area contributed by atoms with E-state index in [1.54, 1.807) is 11.3 Å². The number of aryl methyl sites for hydroxylation is 1. The molecule has 3 heteroatoms. The summed E-state index contributed by atoms with van der Waals surface area (Å²) >= 11 is 1.79. The van der Waals surface area contributed by atoms with Crippen LogP contribution in [0, 0.1) is 6.92 Å². The van der Waals surface area contributed by atoms with Crippen LogP contribution in [-0.2, 0) is 13.2 Å². The fraction of sp³-hybridized carbons (Fsp3) is 0.158. The van der Waals surface area contributed by atoms with Gasteiger partial charge in [0.15, 0.2) is 0 Å². The molecule has 1 aromatic heterocycles. The maximum absolute atomic E-state index is 6.01. The van der Waals surface area contributed by atoms with Crippen LogP contribution in [0.25, 0.3) is 10.4 Å². The average molecular weight is 309 g/mol. The lowest BCUT2D eigenvalue weighted by Gasteiger charge is -2.12. The molecule has 0 atom stereocenters. The Morgan fingerprint density at radius 1 is 1.00 bits per heavy atom. The van der Waals surface area contributed by atoms with Crippen LogP contribution in [0.1, 0.15) is 16.0 Å². The van der Waals surface area contributed by atoms with Gasteiger partial charge in [0.05, 0.1) is 0 Å². The predicted molar refractivity (Wildman–Crippen MR) is 93.2 cm³/mol. The van der Waals surface area contributed by atoms with E-state index in [4.69, 9.17) is 10.5 Å². The van der Waals surface area contributed by atoms with Crippen molar-refractivity contribution < 1.29 is 4.74 Å². The summed E-state index contributed by atoms with van der Waals surface area (Å²) in [5.74, 6) is 0.870. The van der Waals surface area contributed by atoms with Crippen molar-refractivity contribution in [1.29, 1.82) is 0 Å². The van der Waals surface area contributed by atoms with Gasteiger partial charge < -0.3 is 10.5 Å². The zero-order chi connectivity index (χ0) is 15.4. The quantitative estimate of drug-likeness (QED) is 0.737. The van der Waals surface area contributed by atoms with E-state index >= 15 is 0 Å². The number of benzene rings is 2. The maximum Gasteiger partial charge on any atom is 0.124 e.